The maximum atomic E-state index is 11.6. The van der Waals surface area contributed by atoms with Gasteiger partial charge in [-0.1, -0.05) is 15.9 Å². The van der Waals surface area contributed by atoms with Crippen molar-refractivity contribution in [3.05, 3.63) is 28.7 Å². The maximum absolute atomic E-state index is 11.6. The Hall–Kier alpha value is -1.76. The molecule has 1 aromatic rings. The van der Waals surface area contributed by atoms with E-state index >= 15 is 0 Å². The summed E-state index contributed by atoms with van der Waals surface area (Å²) < 4.78 is 11.2. The summed E-state index contributed by atoms with van der Waals surface area (Å²) in [6, 6.07) is 7.48. The van der Waals surface area contributed by atoms with E-state index in [9.17, 15) is 9.59 Å². The Morgan fingerprint density at radius 2 is 2.15 bits per heavy atom. The molecule has 0 atom stereocenters. The smallest absolute Gasteiger partial charge is 0.428 e. The first-order valence-corrected chi connectivity index (χ1v) is 7.06. The van der Waals surface area contributed by atoms with Crippen molar-refractivity contribution in [3.63, 3.8) is 0 Å². The van der Waals surface area contributed by atoms with Gasteiger partial charge in [0.15, 0.2) is 0 Å². The fourth-order valence-corrected chi connectivity index (χ4v) is 1.92. The van der Waals surface area contributed by atoms with Crippen LogP contribution in [0.25, 0.3) is 0 Å². The first-order chi connectivity index (χ1) is 9.65. The number of nitrogens with one attached hydrogen (secondary N) is 1. The number of ether oxygens (including phenoxy) is 2. The number of hydrazine groups is 1. The molecule has 1 aromatic carbocycles. The van der Waals surface area contributed by atoms with Gasteiger partial charge in [-0.15, -0.1) is 0 Å². The highest BCUT2D eigenvalue weighted by molar-refractivity contribution is 9.10. The van der Waals surface area contributed by atoms with Crippen LogP contribution in [-0.4, -0.2) is 36.8 Å². The van der Waals surface area contributed by atoms with Gasteiger partial charge in [-0.2, -0.15) is 0 Å². The Bertz CT molecular complexity index is 478. The molecule has 0 aromatic heterocycles. The van der Waals surface area contributed by atoms with Crippen LogP contribution >= 0.6 is 15.9 Å². The zero-order chi connectivity index (χ0) is 14.4. The summed E-state index contributed by atoms with van der Waals surface area (Å²) >= 11 is 3.34. The topological polar surface area (TPSA) is 67.9 Å². The zero-order valence-electron chi connectivity index (χ0n) is 10.8. The van der Waals surface area contributed by atoms with Gasteiger partial charge in [0.05, 0.1) is 13.2 Å². The normalized spacial score (nSPS) is 14.1. The number of amides is 2. The second-order valence-electron chi connectivity index (χ2n) is 4.21. The standard InChI is InChI=1S/C13H15BrN2O4/c14-10-3-5-11(6-4-10)19-8-1-2-12(17)15-16-7-9-20-13(16)18/h3-6H,1-2,7-9H2,(H,15,17). The van der Waals surface area contributed by atoms with E-state index in [1.807, 2.05) is 24.3 Å². The Kier molecular flexibility index (Phi) is 5.23. The molecule has 6 nitrogen and oxygen atoms in total. The number of benzene rings is 1. The minimum atomic E-state index is -0.510. The molecule has 1 aliphatic rings. The summed E-state index contributed by atoms with van der Waals surface area (Å²) in [4.78, 5) is 22.7. The van der Waals surface area contributed by atoms with E-state index in [1.165, 1.54) is 5.01 Å². The van der Waals surface area contributed by atoms with Crippen LogP contribution in [0.1, 0.15) is 12.8 Å². The van der Waals surface area contributed by atoms with E-state index in [0.717, 1.165) is 10.2 Å². The van der Waals surface area contributed by atoms with Crippen molar-refractivity contribution in [1.82, 2.24) is 10.4 Å². The van der Waals surface area contributed by atoms with E-state index in [1.54, 1.807) is 0 Å². The van der Waals surface area contributed by atoms with E-state index in [0.29, 0.717) is 32.6 Å². The largest absolute Gasteiger partial charge is 0.494 e. The van der Waals surface area contributed by atoms with E-state index in [2.05, 4.69) is 21.4 Å². The summed E-state index contributed by atoms with van der Waals surface area (Å²) in [5, 5.41) is 1.18. The first-order valence-electron chi connectivity index (χ1n) is 6.27. The van der Waals surface area contributed by atoms with Gasteiger partial charge >= 0.3 is 6.09 Å². The van der Waals surface area contributed by atoms with Crippen molar-refractivity contribution >= 4 is 27.9 Å². The molecule has 1 aliphatic heterocycles. The van der Waals surface area contributed by atoms with Gasteiger partial charge in [-0.3, -0.25) is 10.2 Å². The number of rotatable bonds is 6. The molecule has 0 spiro atoms. The van der Waals surface area contributed by atoms with Gasteiger partial charge in [0, 0.05) is 10.9 Å². The van der Waals surface area contributed by atoms with Crippen LogP contribution in [0.5, 0.6) is 5.75 Å². The van der Waals surface area contributed by atoms with Crippen molar-refractivity contribution in [2.24, 2.45) is 0 Å². The summed E-state index contributed by atoms with van der Waals surface area (Å²) in [6.07, 6.45) is 0.356. The Morgan fingerprint density at radius 3 is 2.80 bits per heavy atom. The van der Waals surface area contributed by atoms with Gasteiger partial charge in [-0.05, 0) is 30.7 Å². The fourth-order valence-electron chi connectivity index (χ4n) is 1.65. The molecule has 1 heterocycles. The fraction of sp³-hybridized carbons (Fsp3) is 0.385. The number of carbonyl (C=O) groups excluding carboxylic acids is 2. The number of carbonyl (C=O) groups is 2. The third kappa shape index (κ3) is 4.41. The number of hydrogen-bond acceptors (Lipinski definition) is 4. The molecule has 108 valence electrons. The van der Waals surface area contributed by atoms with Crippen molar-refractivity contribution in [2.45, 2.75) is 12.8 Å². The van der Waals surface area contributed by atoms with Crippen LogP contribution in [-0.2, 0) is 9.53 Å². The van der Waals surface area contributed by atoms with E-state index in [4.69, 9.17) is 9.47 Å². The second kappa shape index (κ2) is 7.14. The van der Waals surface area contributed by atoms with Crippen molar-refractivity contribution < 1.29 is 19.1 Å². The molecule has 2 rings (SSSR count). The van der Waals surface area contributed by atoms with Gasteiger partial charge < -0.3 is 9.47 Å². The SMILES string of the molecule is O=C(CCCOc1ccc(Br)cc1)NN1CCOC1=O. The molecule has 7 heteroatoms. The number of halogens is 1. The summed E-state index contributed by atoms with van der Waals surface area (Å²) in [7, 11) is 0. The second-order valence-corrected chi connectivity index (χ2v) is 5.12. The molecule has 0 aliphatic carbocycles. The van der Waals surface area contributed by atoms with Crippen LogP contribution in [0.2, 0.25) is 0 Å². The van der Waals surface area contributed by atoms with Crippen LogP contribution in [0.4, 0.5) is 4.79 Å². The molecule has 1 saturated heterocycles. The molecule has 0 saturated carbocycles. The number of nitrogens with zero attached hydrogens (tertiary/aromatic N) is 1. The Balaban J connectivity index is 1.62. The molecular formula is C13H15BrN2O4. The van der Waals surface area contributed by atoms with E-state index in [-0.39, 0.29) is 5.91 Å². The third-order valence-electron chi connectivity index (χ3n) is 2.65. The lowest BCUT2D eigenvalue weighted by molar-refractivity contribution is -0.124. The third-order valence-corrected chi connectivity index (χ3v) is 3.18. The highest BCUT2D eigenvalue weighted by Gasteiger charge is 2.23. The van der Waals surface area contributed by atoms with Gasteiger partial charge in [0.2, 0.25) is 5.91 Å². The van der Waals surface area contributed by atoms with Crippen molar-refractivity contribution in [3.8, 4) is 5.75 Å². The predicted octanol–water partition coefficient (Wildman–Crippen LogP) is 2.09. The lowest BCUT2D eigenvalue weighted by atomic mass is 10.3. The van der Waals surface area contributed by atoms with Gasteiger partial charge in [0.1, 0.15) is 12.4 Å². The minimum absolute atomic E-state index is 0.219. The van der Waals surface area contributed by atoms with Crippen molar-refractivity contribution in [2.75, 3.05) is 19.8 Å². The summed E-state index contributed by atoms with van der Waals surface area (Å²) in [5.74, 6) is 0.542. The molecule has 20 heavy (non-hydrogen) atoms. The Labute approximate surface area is 125 Å². The first kappa shape index (κ1) is 14.6. The quantitative estimate of drug-likeness (QED) is 0.804. The zero-order valence-corrected chi connectivity index (χ0v) is 12.4. The van der Waals surface area contributed by atoms with Crippen LogP contribution in [0.3, 0.4) is 0 Å². The summed E-state index contributed by atoms with van der Waals surface area (Å²) in [5.41, 5.74) is 2.49. The highest BCUT2D eigenvalue weighted by Crippen LogP contribution is 2.16. The van der Waals surface area contributed by atoms with Gasteiger partial charge in [-0.25, -0.2) is 9.80 Å². The monoisotopic (exact) mass is 342 g/mol. The highest BCUT2D eigenvalue weighted by atomic mass is 79.9. The molecule has 0 unspecified atom stereocenters. The van der Waals surface area contributed by atoms with Crippen molar-refractivity contribution in [1.29, 1.82) is 0 Å². The minimum Gasteiger partial charge on any atom is -0.494 e. The lowest BCUT2D eigenvalue weighted by Gasteiger charge is -2.13. The maximum Gasteiger partial charge on any atom is 0.428 e. The molecule has 2 amide bonds. The van der Waals surface area contributed by atoms with Crippen LogP contribution in [0, 0.1) is 0 Å². The van der Waals surface area contributed by atoms with Crippen LogP contribution < -0.4 is 10.2 Å². The van der Waals surface area contributed by atoms with Gasteiger partial charge in [0.25, 0.3) is 0 Å². The Morgan fingerprint density at radius 1 is 1.40 bits per heavy atom. The van der Waals surface area contributed by atoms with Crippen LogP contribution in [0.15, 0.2) is 28.7 Å². The molecular weight excluding hydrogens is 328 g/mol. The number of cyclic esters (lactones) is 1. The number of hydrogen-bond donors (Lipinski definition) is 1. The molecule has 0 radical (unpaired) electrons. The molecule has 1 fully saturated rings. The molecule has 0 bridgehead atoms. The average molecular weight is 343 g/mol. The summed E-state index contributed by atoms with van der Waals surface area (Å²) in [6.45, 7) is 1.14. The lowest BCUT2D eigenvalue weighted by Crippen LogP contribution is -2.42. The molecule has 1 N–H and O–H groups in total. The predicted molar refractivity (Wildman–Crippen MR) is 75.1 cm³/mol. The van der Waals surface area contributed by atoms with E-state index < -0.39 is 6.09 Å². The average Bonchev–Trinajstić information content (AvgIpc) is 2.82.